The molecule has 0 saturated carbocycles. The van der Waals surface area contributed by atoms with Crippen LogP contribution in [0.4, 0.5) is 24.9 Å². The minimum Gasteiger partial charge on any atom is -0.423 e. The molecule has 4 heterocycles. The number of halogens is 3. The van der Waals surface area contributed by atoms with Crippen molar-refractivity contribution < 1.29 is 26.0 Å². The Hall–Kier alpha value is -3.64. The van der Waals surface area contributed by atoms with E-state index < -0.39 is 21.8 Å². The maximum absolute atomic E-state index is 13.2. The number of aromatic nitrogens is 2. The van der Waals surface area contributed by atoms with E-state index in [-0.39, 0.29) is 29.9 Å². The van der Waals surface area contributed by atoms with Crippen LogP contribution >= 0.6 is 0 Å². The third-order valence-corrected chi connectivity index (χ3v) is 8.03. The zero-order valence-corrected chi connectivity index (χ0v) is 19.7. The zero-order chi connectivity index (χ0) is 25.5. The minimum absolute atomic E-state index is 0.0950. The summed E-state index contributed by atoms with van der Waals surface area (Å²) in [7, 11) is -3.69. The smallest absolute Gasteiger partial charge is 0.417 e. The highest BCUT2D eigenvalue weighted by Crippen LogP contribution is 2.30. The fraction of sp³-hybridized carbons (Fsp3) is 0.250. The van der Waals surface area contributed by atoms with Crippen LogP contribution in [0.3, 0.4) is 0 Å². The van der Waals surface area contributed by atoms with Crippen molar-refractivity contribution in [3.8, 4) is 11.1 Å². The molecular formula is C24H22F3N5O3S. The number of pyridine rings is 2. The monoisotopic (exact) mass is 517 g/mol. The second-order valence-electron chi connectivity index (χ2n) is 8.54. The summed E-state index contributed by atoms with van der Waals surface area (Å²) in [4.78, 5) is 8.25. The fourth-order valence-electron chi connectivity index (χ4n) is 4.18. The minimum atomic E-state index is -4.44. The Kier molecular flexibility index (Phi) is 6.08. The van der Waals surface area contributed by atoms with Gasteiger partial charge in [0.1, 0.15) is 5.82 Å². The highest BCUT2D eigenvalue weighted by molar-refractivity contribution is 7.89. The average Bonchev–Trinajstić information content (AvgIpc) is 3.23. The Morgan fingerprint density at radius 1 is 0.972 bits per heavy atom. The van der Waals surface area contributed by atoms with E-state index in [0.29, 0.717) is 24.4 Å². The van der Waals surface area contributed by atoms with Gasteiger partial charge in [-0.3, -0.25) is 0 Å². The summed E-state index contributed by atoms with van der Waals surface area (Å²) in [5.74, 6) is 0.594. The van der Waals surface area contributed by atoms with Gasteiger partial charge < -0.3 is 15.5 Å². The summed E-state index contributed by atoms with van der Waals surface area (Å²) in [6.07, 6.45) is -1.02. The number of fused-ring (bicyclic) bond motifs is 1. The molecule has 188 valence electrons. The van der Waals surface area contributed by atoms with Crippen molar-refractivity contribution in [2.45, 2.75) is 30.0 Å². The first-order chi connectivity index (χ1) is 17.1. The Bertz CT molecular complexity index is 1480. The van der Waals surface area contributed by atoms with Crippen LogP contribution in [0.25, 0.3) is 22.2 Å². The molecule has 0 bridgehead atoms. The highest BCUT2D eigenvalue weighted by atomic mass is 32.2. The van der Waals surface area contributed by atoms with Crippen molar-refractivity contribution in [3.05, 3.63) is 66.5 Å². The van der Waals surface area contributed by atoms with Crippen LogP contribution in [0.5, 0.6) is 0 Å². The lowest BCUT2D eigenvalue weighted by Crippen LogP contribution is -2.42. The molecule has 8 nitrogen and oxygen atoms in total. The number of furan rings is 1. The molecule has 0 radical (unpaired) electrons. The first kappa shape index (κ1) is 24.1. The van der Waals surface area contributed by atoms with Gasteiger partial charge in [0.2, 0.25) is 15.7 Å². The molecule has 0 aliphatic carbocycles. The van der Waals surface area contributed by atoms with Crippen molar-refractivity contribution in [3.63, 3.8) is 0 Å². The number of rotatable bonds is 5. The van der Waals surface area contributed by atoms with Crippen molar-refractivity contribution >= 4 is 32.8 Å². The van der Waals surface area contributed by atoms with Crippen LogP contribution in [-0.4, -0.2) is 41.8 Å². The predicted octanol–water partition coefficient (Wildman–Crippen LogP) is 4.76. The summed E-state index contributed by atoms with van der Waals surface area (Å²) < 4.78 is 71.1. The number of hydrogen-bond acceptors (Lipinski definition) is 7. The van der Waals surface area contributed by atoms with E-state index in [1.54, 1.807) is 36.5 Å². The van der Waals surface area contributed by atoms with Crippen molar-refractivity contribution in [2.24, 2.45) is 0 Å². The van der Waals surface area contributed by atoms with Crippen molar-refractivity contribution in [1.82, 2.24) is 14.3 Å². The number of nitrogens with zero attached hydrogens (tertiary/aromatic N) is 3. The van der Waals surface area contributed by atoms with E-state index in [0.717, 1.165) is 28.8 Å². The molecule has 1 aromatic carbocycles. The molecule has 0 spiro atoms. The van der Waals surface area contributed by atoms with Gasteiger partial charge >= 0.3 is 6.18 Å². The van der Waals surface area contributed by atoms with E-state index in [9.17, 15) is 21.6 Å². The topological polar surface area (TPSA) is 114 Å². The van der Waals surface area contributed by atoms with Crippen LogP contribution in [-0.2, 0) is 16.2 Å². The van der Waals surface area contributed by atoms with E-state index in [1.807, 2.05) is 6.07 Å². The number of nitrogen functional groups attached to an aromatic ring is 1. The number of nitrogens with two attached hydrogens (primary N) is 1. The van der Waals surface area contributed by atoms with Crippen LogP contribution in [0.2, 0.25) is 0 Å². The number of sulfonamides is 1. The largest absolute Gasteiger partial charge is 0.423 e. The number of nitrogens with one attached hydrogen (secondary N) is 1. The number of piperidine rings is 1. The van der Waals surface area contributed by atoms with Gasteiger partial charge in [0, 0.05) is 48.5 Å². The summed E-state index contributed by atoms with van der Waals surface area (Å²) in [5, 5.41) is 3.84. The molecule has 5 rings (SSSR count). The Balaban J connectivity index is 1.22. The van der Waals surface area contributed by atoms with Crippen LogP contribution < -0.4 is 11.1 Å². The molecule has 1 fully saturated rings. The molecular weight excluding hydrogens is 495 g/mol. The lowest BCUT2D eigenvalue weighted by atomic mass is 10.1. The maximum atomic E-state index is 13.2. The molecule has 36 heavy (non-hydrogen) atoms. The summed E-state index contributed by atoms with van der Waals surface area (Å²) in [6.45, 7) is 0.565. The first-order valence-electron chi connectivity index (χ1n) is 11.1. The third-order valence-electron chi connectivity index (χ3n) is 6.11. The number of benzene rings is 1. The lowest BCUT2D eigenvalue weighted by Gasteiger charge is -2.32. The highest BCUT2D eigenvalue weighted by Gasteiger charge is 2.32. The van der Waals surface area contributed by atoms with E-state index >= 15 is 0 Å². The summed E-state index contributed by atoms with van der Waals surface area (Å²) in [6, 6.07) is 12.3. The van der Waals surface area contributed by atoms with Gasteiger partial charge in [0.15, 0.2) is 5.88 Å². The van der Waals surface area contributed by atoms with Gasteiger partial charge in [-0.2, -0.15) is 17.5 Å². The standard InChI is InChI=1S/C24H22F3N5O3S/c25-24(26,27)18-3-6-22(29-14-18)31-19-7-9-32(10-8-19)36(33,34)20-4-1-15(2-5-20)17-11-16-12-21(28)35-23(16)30-13-17/h1-6,11-14,19H,7-10,28H2,(H,29,31). The molecule has 12 heteroatoms. The number of hydrogen-bond donors (Lipinski definition) is 2. The van der Waals surface area contributed by atoms with Crippen LogP contribution in [0.15, 0.2) is 70.2 Å². The van der Waals surface area contributed by atoms with Gasteiger partial charge in [0.05, 0.1) is 10.5 Å². The molecule has 4 aromatic rings. The second-order valence-corrected chi connectivity index (χ2v) is 10.5. The lowest BCUT2D eigenvalue weighted by molar-refractivity contribution is -0.137. The molecule has 0 atom stereocenters. The molecule has 3 N–H and O–H groups in total. The number of anilines is 2. The Morgan fingerprint density at radius 3 is 2.33 bits per heavy atom. The maximum Gasteiger partial charge on any atom is 0.417 e. The normalized spacial score (nSPS) is 15.9. The van der Waals surface area contributed by atoms with Gasteiger partial charge in [-0.15, -0.1) is 0 Å². The van der Waals surface area contributed by atoms with Gasteiger partial charge in [-0.05, 0) is 48.7 Å². The van der Waals surface area contributed by atoms with E-state index in [1.165, 1.54) is 10.4 Å². The summed E-state index contributed by atoms with van der Waals surface area (Å²) in [5.41, 5.74) is 6.88. The predicted molar refractivity (Wildman–Crippen MR) is 128 cm³/mol. The number of alkyl halides is 3. The molecule has 1 saturated heterocycles. The Labute approximate surface area is 205 Å². The van der Waals surface area contributed by atoms with Gasteiger partial charge in [-0.1, -0.05) is 12.1 Å². The van der Waals surface area contributed by atoms with E-state index in [4.69, 9.17) is 10.2 Å². The van der Waals surface area contributed by atoms with E-state index in [2.05, 4.69) is 15.3 Å². The zero-order valence-electron chi connectivity index (χ0n) is 18.9. The molecule has 0 unspecified atom stereocenters. The first-order valence-corrected chi connectivity index (χ1v) is 12.6. The van der Waals surface area contributed by atoms with Crippen molar-refractivity contribution in [2.75, 3.05) is 24.1 Å². The second kappa shape index (κ2) is 9.10. The molecule has 1 aliphatic heterocycles. The van der Waals surface area contributed by atoms with Crippen LogP contribution in [0, 0.1) is 0 Å². The summed E-state index contributed by atoms with van der Waals surface area (Å²) >= 11 is 0. The SMILES string of the molecule is Nc1cc2cc(-c3ccc(S(=O)(=O)N4CCC(Nc5ccc(C(F)(F)F)cn5)CC4)cc3)cnc2o1. The fourth-order valence-corrected chi connectivity index (χ4v) is 5.64. The Morgan fingerprint density at radius 2 is 1.69 bits per heavy atom. The molecule has 3 aromatic heterocycles. The molecule has 1 aliphatic rings. The molecule has 0 amide bonds. The average molecular weight is 518 g/mol. The van der Waals surface area contributed by atoms with Crippen LogP contribution in [0.1, 0.15) is 18.4 Å². The van der Waals surface area contributed by atoms with Gasteiger partial charge in [-0.25, -0.2) is 18.4 Å². The quantitative estimate of drug-likeness (QED) is 0.392. The van der Waals surface area contributed by atoms with Crippen molar-refractivity contribution in [1.29, 1.82) is 0 Å². The van der Waals surface area contributed by atoms with Gasteiger partial charge in [0.25, 0.3) is 0 Å². The third kappa shape index (κ3) is 4.86.